The number of hydrogen-bond acceptors (Lipinski definition) is 3. The van der Waals surface area contributed by atoms with Gasteiger partial charge in [0, 0.05) is 11.0 Å². The van der Waals surface area contributed by atoms with E-state index in [1.807, 2.05) is 0 Å². The van der Waals surface area contributed by atoms with Crippen molar-refractivity contribution in [2.45, 2.75) is 11.3 Å². The molecule has 0 aliphatic rings. The molecule has 0 saturated carbocycles. The van der Waals surface area contributed by atoms with Gasteiger partial charge in [0.15, 0.2) is 0 Å². The summed E-state index contributed by atoms with van der Waals surface area (Å²) in [6.07, 6.45) is -0.332. The van der Waals surface area contributed by atoms with Gasteiger partial charge >= 0.3 is 5.97 Å². The summed E-state index contributed by atoms with van der Waals surface area (Å²) in [5.41, 5.74) is 0.248. The first-order valence-corrected chi connectivity index (χ1v) is 9.18. The summed E-state index contributed by atoms with van der Waals surface area (Å²) in [6, 6.07) is 12.5. The molecule has 0 spiro atoms. The number of carboxylic acid groups (broad SMARTS) is 1. The van der Waals surface area contributed by atoms with Gasteiger partial charge in [0.05, 0.1) is 22.0 Å². The molecule has 0 aliphatic carbocycles. The van der Waals surface area contributed by atoms with Crippen LogP contribution in [0.4, 0.5) is 5.69 Å². The van der Waals surface area contributed by atoms with Gasteiger partial charge in [-0.25, -0.2) is 8.42 Å². The molecule has 0 fully saturated rings. The lowest BCUT2D eigenvalue weighted by Crippen LogP contribution is -2.33. The van der Waals surface area contributed by atoms with E-state index in [1.54, 1.807) is 36.4 Å². The molecule has 0 atom stereocenters. The standard InChI is InChI=1S/C15H13BrClNO4S/c16-11-5-7-12(8-6-11)23(21,22)18(10-9-15(19)20)14-4-2-1-3-13(14)17/h1-8H,9-10H2,(H,19,20). The third kappa shape index (κ3) is 4.25. The van der Waals surface area contributed by atoms with Crippen LogP contribution in [0.1, 0.15) is 6.42 Å². The summed E-state index contributed by atoms with van der Waals surface area (Å²) in [4.78, 5) is 10.9. The maximum Gasteiger partial charge on any atom is 0.305 e. The Balaban J connectivity index is 2.50. The highest BCUT2D eigenvalue weighted by atomic mass is 79.9. The van der Waals surface area contributed by atoms with Crippen LogP contribution in [0.2, 0.25) is 5.02 Å². The van der Waals surface area contributed by atoms with E-state index < -0.39 is 16.0 Å². The van der Waals surface area contributed by atoms with Crippen molar-refractivity contribution < 1.29 is 18.3 Å². The van der Waals surface area contributed by atoms with Crippen LogP contribution in [0.3, 0.4) is 0 Å². The highest BCUT2D eigenvalue weighted by Crippen LogP contribution is 2.30. The molecule has 2 rings (SSSR count). The van der Waals surface area contributed by atoms with Crippen LogP contribution in [0.25, 0.3) is 0 Å². The highest BCUT2D eigenvalue weighted by Gasteiger charge is 2.26. The van der Waals surface area contributed by atoms with Crippen molar-refractivity contribution in [2.24, 2.45) is 0 Å². The van der Waals surface area contributed by atoms with Gasteiger partial charge in [-0.2, -0.15) is 0 Å². The lowest BCUT2D eigenvalue weighted by Gasteiger charge is -2.24. The van der Waals surface area contributed by atoms with E-state index in [1.165, 1.54) is 12.1 Å². The number of anilines is 1. The van der Waals surface area contributed by atoms with E-state index >= 15 is 0 Å². The van der Waals surface area contributed by atoms with E-state index in [9.17, 15) is 13.2 Å². The average molecular weight is 419 g/mol. The number of sulfonamides is 1. The zero-order valence-corrected chi connectivity index (χ0v) is 15.0. The van der Waals surface area contributed by atoms with Crippen molar-refractivity contribution in [2.75, 3.05) is 10.8 Å². The average Bonchev–Trinajstić information content (AvgIpc) is 2.49. The first-order chi connectivity index (χ1) is 10.8. The van der Waals surface area contributed by atoms with Crippen molar-refractivity contribution in [1.29, 1.82) is 0 Å². The van der Waals surface area contributed by atoms with Gasteiger partial charge in [0.25, 0.3) is 10.0 Å². The Morgan fingerprint density at radius 1 is 1.13 bits per heavy atom. The van der Waals surface area contributed by atoms with E-state index in [-0.39, 0.29) is 28.6 Å². The first kappa shape index (κ1) is 17.8. The number of benzene rings is 2. The van der Waals surface area contributed by atoms with Crippen molar-refractivity contribution in [3.63, 3.8) is 0 Å². The molecule has 8 heteroatoms. The molecule has 23 heavy (non-hydrogen) atoms. The molecule has 0 heterocycles. The molecule has 2 aromatic rings. The number of halogens is 2. The summed E-state index contributed by atoms with van der Waals surface area (Å²) in [7, 11) is -3.92. The van der Waals surface area contributed by atoms with Crippen LogP contribution in [0, 0.1) is 0 Å². The smallest absolute Gasteiger partial charge is 0.305 e. The van der Waals surface area contributed by atoms with Crippen LogP contribution in [0.5, 0.6) is 0 Å². The van der Waals surface area contributed by atoms with Crippen LogP contribution < -0.4 is 4.31 Å². The van der Waals surface area contributed by atoms with E-state index in [2.05, 4.69) is 15.9 Å². The second kappa shape index (κ2) is 7.33. The van der Waals surface area contributed by atoms with Gasteiger partial charge in [-0.15, -0.1) is 0 Å². The number of aliphatic carboxylic acids is 1. The second-order valence-electron chi connectivity index (χ2n) is 4.63. The highest BCUT2D eigenvalue weighted by molar-refractivity contribution is 9.10. The minimum Gasteiger partial charge on any atom is -0.481 e. The van der Waals surface area contributed by atoms with Crippen molar-refractivity contribution in [3.8, 4) is 0 Å². The Bertz CT molecular complexity index is 808. The predicted octanol–water partition coefficient (Wildman–Crippen LogP) is 3.77. The van der Waals surface area contributed by atoms with Gasteiger partial charge in [0.2, 0.25) is 0 Å². The molecule has 0 unspecified atom stereocenters. The molecule has 1 N–H and O–H groups in total. The van der Waals surface area contributed by atoms with Gasteiger partial charge in [-0.1, -0.05) is 39.7 Å². The van der Waals surface area contributed by atoms with Crippen LogP contribution in [-0.4, -0.2) is 26.0 Å². The molecule has 0 bridgehead atoms. The Labute approximate surface area is 147 Å². The maximum atomic E-state index is 12.9. The summed E-state index contributed by atoms with van der Waals surface area (Å²) in [6.45, 7) is -0.211. The summed E-state index contributed by atoms with van der Waals surface area (Å²) >= 11 is 9.34. The van der Waals surface area contributed by atoms with Gasteiger partial charge in [-0.3, -0.25) is 9.10 Å². The first-order valence-electron chi connectivity index (χ1n) is 6.57. The normalized spacial score (nSPS) is 11.2. The fraction of sp³-hybridized carbons (Fsp3) is 0.133. The number of hydrogen-bond donors (Lipinski definition) is 1. The van der Waals surface area contributed by atoms with E-state index in [0.29, 0.717) is 0 Å². The molecule has 0 aromatic heterocycles. The fourth-order valence-corrected chi connectivity index (χ4v) is 3.99. The summed E-state index contributed by atoms with van der Waals surface area (Å²) in [5.74, 6) is -1.09. The third-order valence-electron chi connectivity index (χ3n) is 3.05. The molecule has 0 amide bonds. The van der Waals surface area contributed by atoms with Crippen LogP contribution in [0.15, 0.2) is 57.9 Å². The SMILES string of the molecule is O=C(O)CCN(c1ccccc1Cl)S(=O)(=O)c1ccc(Br)cc1. The molecule has 0 aliphatic heterocycles. The van der Waals surface area contributed by atoms with Gasteiger partial charge in [0.1, 0.15) is 0 Å². The quantitative estimate of drug-likeness (QED) is 0.775. The Morgan fingerprint density at radius 3 is 2.30 bits per heavy atom. The number of para-hydroxylation sites is 1. The topological polar surface area (TPSA) is 74.7 Å². The Kier molecular flexibility index (Phi) is 5.67. The van der Waals surface area contributed by atoms with E-state index in [0.717, 1.165) is 8.78 Å². The molecule has 122 valence electrons. The minimum atomic E-state index is -3.92. The zero-order chi connectivity index (χ0) is 17.0. The lowest BCUT2D eigenvalue weighted by molar-refractivity contribution is -0.136. The van der Waals surface area contributed by atoms with Gasteiger partial charge < -0.3 is 5.11 Å². The Morgan fingerprint density at radius 2 is 1.74 bits per heavy atom. The number of nitrogens with zero attached hydrogens (tertiary/aromatic N) is 1. The molecule has 0 saturated heterocycles. The summed E-state index contributed by atoms with van der Waals surface area (Å²) in [5, 5.41) is 9.13. The lowest BCUT2D eigenvalue weighted by atomic mass is 10.3. The predicted molar refractivity (Wildman–Crippen MR) is 92.4 cm³/mol. The van der Waals surface area contributed by atoms with Crippen molar-refractivity contribution in [1.82, 2.24) is 0 Å². The largest absolute Gasteiger partial charge is 0.481 e. The Hall–Kier alpha value is -1.57. The molecule has 2 aromatic carbocycles. The van der Waals surface area contributed by atoms with E-state index in [4.69, 9.17) is 16.7 Å². The molecular weight excluding hydrogens is 406 g/mol. The van der Waals surface area contributed by atoms with Crippen LogP contribution in [-0.2, 0) is 14.8 Å². The summed E-state index contributed by atoms with van der Waals surface area (Å²) < 4.78 is 27.5. The number of carboxylic acids is 1. The second-order valence-corrected chi connectivity index (χ2v) is 7.81. The van der Waals surface area contributed by atoms with Crippen molar-refractivity contribution in [3.05, 3.63) is 58.0 Å². The molecule has 5 nitrogen and oxygen atoms in total. The number of rotatable bonds is 6. The van der Waals surface area contributed by atoms with Gasteiger partial charge in [-0.05, 0) is 36.4 Å². The van der Waals surface area contributed by atoms with Crippen molar-refractivity contribution >= 4 is 49.2 Å². The maximum absolute atomic E-state index is 12.9. The third-order valence-corrected chi connectivity index (χ3v) is 5.73. The van der Waals surface area contributed by atoms with Crippen LogP contribution >= 0.6 is 27.5 Å². The monoisotopic (exact) mass is 417 g/mol. The molecule has 0 radical (unpaired) electrons. The zero-order valence-electron chi connectivity index (χ0n) is 11.8. The fourth-order valence-electron chi connectivity index (χ4n) is 1.96. The number of carbonyl (C=O) groups is 1. The molecular formula is C15H13BrClNO4S. The minimum absolute atomic E-state index is 0.0611.